The normalized spacial score (nSPS) is 26.1. The van der Waals surface area contributed by atoms with Gasteiger partial charge in [0.1, 0.15) is 11.4 Å². The zero-order chi connectivity index (χ0) is 15.9. The number of nitro benzene ring substituents is 1. The summed E-state index contributed by atoms with van der Waals surface area (Å²) < 4.78 is 11.7. The molecule has 1 aliphatic heterocycles. The molecule has 1 heterocycles. The molecule has 0 saturated heterocycles. The summed E-state index contributed by atoms with van der Waals surface area (Å²) >= 11 is 0. The topological polar surface area (TPSA) is 81.8 Å². The Balaban J connectivity index is 1.85. The number of aliphatic hydroxyl groups excluding tert-OH is 1. The molecule has 0 amide bonds. The molecule has 1 N–H and O–H groups in total. The fourth-order valence-corrected chi connectivity index (χ4v) is 3.20. The number of hydrogen-bond acceptors (Lipinski definition) is 5. The van der Waals surface area contributed by atoms with Crippen molar-refractivity contribution in [1.29, 1.82) is 0 Å². The minimum Gasteiger partial charge on any atom is -0.487 e. The van der Waals surface area contributed by atoms with Gasteiger partial charge in [0.25, 0.3) is 0 Å². The molecule has 0 radical (unpaired) electrons. The van der Waals surface area contributed by atoms with Gasteiger partial charge in [0.2, 0.25) is 5.75 Å². The van der Waals surface area contributed by atoms with Crippen LogP contribution in [0.15, 0.2) is 12.1 Å². The average molecular weight is 307 g/mol. The molecule has 6 nitrogen and oxygen atoms in total. The highest BCUT2D eigenvalue weighted by atomic mass is 16.6. The van der Waals surface area contributed by atoms with Crippen molar-refractivity contribution in [3.8, 4) is 11.5 Å². The van der Waals surface area contributed by atoms with Crippen LogP contribution in [-0.4, -0.2) is 27.8 Å². The number of nitrogens with zero attached hydrogens (tertiary/aromatic N) is 1. The third kappa shape index (κ3) is 3.02. The molecule has 1 saturated carbocycles. The Morgan fingerprint density at radius 1 is 1.32 bits per heavy atom. The molecule has 120 valence electrons. The summed E-state index contributed by atoms with van der Waals surface area (Å²) in [5.74, 6) is 0.935. The van der Waals surface area contributed by atoms with Crippen molar-refractivity contribution >= 4 is 5.69 Å². The van der Waals surface area contributed by atoms with Crippen LogP contribution in [0.3, 0.4) is 0 Å². The summed E-state index contributed by atoms with van der Waals surface area (Å²) in [6.45, 7) is 3.92. The fraction of sp³-hybridized carbons (Fsp3) is 0.625. The number of nitro groups is 1. The number of fused-ring (bicyclic) bond motifs is 1. The number of rotatable bonds is 3. The lowest BCUT2D eigenvalue weighted by molar-refractivity contribution is -0.386. The van der Waals surface area contributed by atoms with Gasteiger partial charge >= 0.3 is 5.69 Å². The Labute approximate surface area is 129 Å². The van der Waals surface area contributed by atoms with E-state index >= 15 is 0 Å². The zero-order valence-electron chi connectivity index (χ0n) is 12.9. The van der Waals surface area contributed by atoms with Crippen molar-refractivity contribution in [2.24, 2.45) is 0 Å². The summed E-state index contributed by atoms with van der Waals surface area (Å²) in [4.78, 5) is 10.9. The van der Waals surface area contributed by atoms with Gasteiger partial charge in [0, 0.05) is 24.1 Å². The molecule has 3 rings (SSSR count). The second-order valence-electron chi connectivity index (χ2n) is 6.77. The van der Waals surface area contributed by atoms with Crippen molar-refractivity contribution < 1.29 is 19.5 Å². The highest BCUT2D eigenvalue weighted by Crippen LogP contribution is 2.42. The molecule has 6 heteroatoms. The number of benzene rings is 1. The van der Waals surface area contributed by atoms with Crippen LogP contribution in [0.25, 0.3) is 0 Å². The molecular formula is C16H21NO5. The number of ether oxygens (including phenoxy) is 2. The summed E-state index contributed by atoms with van der Waals surface area (Å²) in [6.07, 6.45) is 3.05. The van der Waals surface area contributed by atoms with E-state index in [1.165, 1.54) is 0 Å². The van der Waals surface area contributed by atoms with Gasteiger partial charge in [0.15, 0.2) is 0 Å². The van der Waals surface area contributed by atoms with E-state index in [0.29, 0.717) is 37.9 Å². The third-order valence-electron chi connectivity index (χ3n) is 4.28. The van der Waals surface area contributed by atoms with Gasteiger partial charge in [-0.05, 0) is 39.5 Å². The van der Waals surface area contributed by atoms with Crippen molar-refractivity contribution in [2.75, 3.05) is 0 Å². The van der Waals surface area contributed by atoms with E-state index in [1.54, 1.807) is 12.1 Å². The Hall–Kier alpha value is -1.82. The first-order valence-corrected chi connectivity index (χ1v) is 7.69. The molecular weight excluding hydrogens is 286 g/mol. The monoisotopic (exact) mass is 307 g/mol. The average Bonchev–Trinajstić information content (AvgIpc) is 2.73. The van der Waals surface area contributed by atoms with Gasteiger partial charge in [0.05, 0.1) is 17.1 Å². The van der Waals surface area contributed by atoms with Crippen molar-refractivity contribution in [3.05, 3.63) is 27.8 Å². The summed E-state index contributed by atoms with van der Waals surface area (Å²) in [6, 6.07) is 3.21. The molecule has 0 unspecified atom stereocenters. The van der Waals surface area contributed by atoms with E-state index in [9.17, 15) is 15.2 Å². The first-order valence-electron chi connectivity index (χ1n) is 7.69. The minimum atomic E-state index is -0.404. The van der Waals surface area contributed by atoms with Crippen LogP contribution < -0.4 is 9.47 Å². The van der Waals surface area contributed by atoms with E-state index < -0.39 is 4.92 Å². The quantitative estimate of drug-likeness (QED) is 0.685. The smallest absolute Gasteiger partial charge is 0.311 e. The molecule has 1 aromatic carbocycles. The SMILES string of the molecule is CC1(C)Cc2cc([N+](=O)[O-])c(OC3CCC(O)CC3)cc2O1. The molecule has 0 bridgehead atoms. The molecule has 0 atom stereocenters. The van der Waals surface area contributed by atoms with Crippen LogP contribution in [0.1, 0.15) is 45.1 Å². The number of aliphatic hydroxyl groups is 1. The predicted octanol–water partition coefficient (Wildman–Crippen LogP) is 2.99. The lowest BCUT2D eigenvalue weighted by atomic mass is 9.95. The minimum absolute atomic E-state index is 0.00817. The van der Waals surface area contributed by atoms with Crippen molar-refractivity contribution in [3.63, 3.8) is 0 Å². The standard InChI is InChI=1S/C16H21NO5/c1-16(2)9-10-7-13(17(19)20)15(8-14(10)22-16)21-12-5-3-11(18)4-6-12/h7-8,11-12,18H,3-6,9H2,1-2H3. The van der Waals surface area contributed by atoms with E-state index in [1.807, 2.05) is 13.8 Å². The first-order chi connectivity index (χ1) is 10.3. The molecule has 1 fully saturated rings. The maximum Gasteiger partial charge on any atom is 0.311 e. The second kappa shape index (κ2) is 5.43. The van der Waals surface area contributed by atoms with Crippen LogP contribution >= 0.6 is 0 Å². The highest BCUT2D eigenvalue weighted by Gasteiger charge is 2.34. The second-order valence-corrected chi connectivity index (χ2v) is 6.77. The van der Waals surface area contributed by atoms with Crippen LogP contribution in [0, 0.1) is 10.1 Å². The fourth-order valence-electron chi connectivity index (χ4n) is 3.20. The van der Waals surface area contributed by atoms with Gasteiger partial charge < -0.3 is 14.6 Å². The van der Waals surface area contributed by atoms with Gasteiger partial charge in [-0.1, -0.05) is 0 Å². The van der Waals surface area contributed by atoms with E-state index in [4.69, 9.17) is 9.47 Å². The maximum absolute atomic E-state index is 11.3. The Kier molecular flexibility index (Phi) is 3.72. The molecule has 0 spiro atoms. The largest absolute Gasteiger partial charge is 0.487 e. The molecule has 1 aliphatic carbocycles. The molecule has 2 aliphatic rings. The summed E-state index contributed by atoms with van der Waals surface area (Å²) in [5, 5.41) is 20.9. The van der Waals surface area contributed by atoms with Crippen LogP contribution in [0.2, 0.25) is 0 Å². The van der Waals surface area contributed by atoms with Crippen molar-refractivity contribution in [2.45, 2.75) is 63.8 Å². The van der Waals surface area contributed by atoms with E-state index in [0.717, 1.165) is 5.56 Å². The van der Waals surface area contributed by atoms with Gasteiger partial charge in [-0.3, -0.25) is 10.1 Å². The maximum atomic E-state index is 11.3. The lowest BCUT2D eigenvalue weighted by Gasteiger charge is -2.26. The Bertz CT molecular complexity index is 590. The lowest BCUT2D eigenvalue weighted by Crippen LogP contribution is -2.26. The molecule has 0 aromatic heterocycles. The summed E-state index contributed by atoms with van der Waals surface area (Å²) in [5.41, 5.74) is 0.498. The van der Waals surface area contributed by atoms with Gasteiger partial charge in [-0.2, -0.15) is 0 Å². The zero-order valence-corrected chi connectivity index (χ0v) is 12.9. The third-order valence-corrected chi connectivity index (χ3v) is 4.28. The van der Waals surface area contributed by atoms with Gasteiger partial charge in [-0.15, -0.1) is 0 Å². The van der Waals surface area contributed by atoms with Crippen LogP contribution in [0.4, 0.5) is 5.69 Å². The van der Waals surface area contributed by atoms with E-state index in [2.05, 4.69) is 0 Å². The van der Waals surface area contributed by atoms with Gasteiger partial charge in [-0.25, -0.2) is 0 Å². The molecule has 22 heavy (non-hydrogen) atoms. The van der Waals surface area contributed by atoms with Crippen LogP contribution in [0.5, 0.6) is 11.5 Å². The Morgan fingerprint density at radius 3 is 2.64 bits per heavy atom. The molecule has 1 aromatic rings. The summed E-state index contributed by atoms with van der Waals surface area (Å²) in [7, 11) is 0. The van der Waals surface area contributed by atoms with Crippen LogP contribution in [-0.2, 0) is 6.42 Å². The predicted molar refractivity (Wildman–Crippen MR) is 80.4 cm³/mol. The highest BCUT2D eigenvalue weighted by molar-refractivity contribution is 5.56. The van der Waals surface area contributed by atoms with E-state index in [-0.39, 0.29) is 29.2 Å². The van der Waals surface area contributed by atoms with Crippen molar-refractivity contribution in [1.82, 2.24) is 0 Å². The Morgan fingerprint density at radius 2 is 2.00 bits per heavy atom. The first kappa shape index (κ1) is 15.1. The number of hydrogen-bond donors (Lipinski definition) is 1.